The molecule has 1 aromatic carbocycles. The van der Waals surface area contributed by atoms with E-state index in [-0.39, 0.29) is 0 Å². The fourth-order valence-electron chi connectivity index (χ4n) is 3.09. The molecule has 0 aliphatic carbocycles. The van der Waals surface area contributed by atoms with Gasteiger partial charge in [-0.15, -0.1) is 0 Å². The predicted molar refractivity (Wildman–Crippen MR) is 103 cm³/mol. The molecular formula is C21H16N4O3. The van der Waals surface area contributed by atoms with Gasteiger partial charge >= 0.3 is 0 Å². The van der Waals surface area contributed by atoms with Crippen LogP contribution in [0.25, 0.3) is 34.2 Å². The summed E-state index contributed by atoms with van der Waals surface area (Å²) >= 11 is 0. The highest BCUT2D eigenvalue weighted by Crippen LogP contribution is 2.29. The Morgan fingerprint density at radius 1 is 0.929 bits per heavy atom. The van der Waals surface area contributed by atoms with Crippen LogP contribution >= 0.6 is 0 Å². The highest BCUT2D eigenvalue weighted by Gasteiger charge is 2.18. The van der Waals surface area contributed by atoms with E-state index in [2.05, 4.69) is 9.97 Å². The molecule has 7 nitrogen and oxygen atoms in total. The van der Waals surface area contributed by atoms with E-state index in [1.54, 1.807) is 26.0 Å². The van der Waals surface area contributed by atoms with Crippen LogP contribution in [0.3, 0.4) is 0 Å². The summed E-state index contributed by atoms with van der Waals surface area (Å²) < 4.78 is 18.3. The standard InChI is InChI=1S/C21H16N4O3/c1-26-15-8-6-14(7-9-15)12-25-13-22-19-18(16-4-2-10-27-16)23-20(24-21(19)25)17-5-3-11-28-17/h2-11,13H,12H2,1H3. The minimum atomic E-state index is 0.486. The van der Waals surface area contributed by atoms with Gasteiger partial charge < -0.3 is 18.1 Å². The second-order valence-corrected chi connectivity index (χ2v) is 6.24. The van der Waals surface area contributed by atoms with E-state index < -0.39 is 0 Å². The molecule has 0 unspecified atom stereocenters. The Balaban J connectivity index is 1.64. The maximum Gasteiger partial charge on any atom is 0.198 e. The number of rotatable bonds is 5. The SMILES string of the molecule is COc1ccc(Cn2cnc3c(-c4ccco4)nc(-c4ccco4)nc32)cc1. The third kappa shape index (κ3) is 2.83. The molecule has 4 aromatic heterocycles. The fourth-order valence-corrected chi connectivity index (χ4v) is 3.09. The molecule has 4 heterocycles. The second-order valence-electron chi connectivity index (χ2n) is 6.24. The molecule has 0 atom stereocenters. The Bertz CT molecular complexity index is 1210. The van der Waals surface area contributed by atoms with Crippen molar-refractivity contribution in [3.8, 4) is 28.8 Å². The van der Waals surface area contributed by atoms with E-state index >= 15 is 0 Å². The van der Waals surface area contributed by atoms with E-state index in [0.717, 1.165) is 11.3 Å². The number of aromatic nitrogens is 4. The van der Waals surface area contributed by atoms with Crippen LogP contribution in [-0.2, 0) is 6.54 Å². The van der Waals surface area contributed by atoms with Gasteiger partial charge in [-0.25, -0.2) is 15.0 Å². The number of ether oxygens (including phenoxy) is 1. The van der Waals surface area contributed by atoms with E-state index in [4.69, 9.17) is 18.6 Å². The first-order valence-electron chi connectivity index (χ1n) is 8.75. The smallest absolute Gasteiger partial charge is 0.198 e. The van der Waals surface area contributed by atoms with Crippen molar-refractivity contribution in [3.63, 3.8) is 0 Å². The number of hydrogen-bond donors (Lipinski definition) is 0. The quantitative estimate of drug-likeness (QED) is 0.455. The van der Waals surface area contributed by atoms with Crippen LogP contribution in [0, 0.1) is 0 Å². The molecule has 0 N–H and O–H groups in total. The molecule has 0 aliphatic rings. The normalized spacial score (nSPS) is 11.2. The lowest BCUT2D eigenvalue weighted by Crippen LogP contribution is -2.01. The van der Waals surface area contributed by atoms with Gasteiger partial charge in [0, 0.05) is 0 Å². The van der Waals surface area contributed by atoms with Crippen molar-refractivity contribution in [2.75, 3.05) is 7.11 Å². The van der Waals surface area contributed by atoms with Gasteiger partial charge in [0.1, 0.15) is 17.0 Å². The zero-order valence-corrected chi connectivity index (χ0v) is 15.1. The number of methoxy groups -OCH3 is 1. The van der Waals surface area contributed by atoms with E-state index in [0.29, 0.717) is 40.7 Å². The average Bonchev–Trinajstić information content (AvgIpc) is 3.50. The molecule has 5 aromatic rings. The van der Waals surface area contributed by atoms with Crippen molar-refractivity contribution >= 4 is 11.2 Å². The number of fused-ring (bicyclic) bond motifs is 1. The van der Waals surface area contributed by atoms with E-state index in [1.165, 1.54) is 0 Å². The fraction of sp³-hybridized carbons (Fsp3) is 0.0952. The van der Waals surface area contributed by atoms with Crippen LogP contribution in [0.1, 0.15) is 5.56 Å². The minimum Gasteiger partial charge on any atom is -0.497 e. The molecule has 0 saturated carbocycles. The largest absolute Gasteiger partial charge is 0.497 e. The van der Waals surface area contributed by atoms with E-state index in [1.807, 2.05) is 53.1 Å². The molecule has 28 heavy (non-hydrogen) atoms. The van der Waals surface area contributed by atoms with Gasteiger partial charge in [-0.3, -0.25) is 0 Å². The van der Waals surface area contributed by atoms with Crippen molar-refractivity contribution in [1.82, 2.24) is 19.5 Å². The van der Waals surface area contributed by atoms with Crippen LogP contribution in [0.2, 0.25) is 0 Å². The molecule has 0 amide bonds. The van der Waals surface area contributed by atoms with Crippen molar-refractivity contribution < 1.29 is 13.6 Å². The number of benzene rings is 1. The lowest BCUT2D eigenvalue weighted by molar-refractivity contribution is 0.414. The summed E-state index contributed by atoms with van der Waals surface area (Å²) in [6, 6.07) is 15.2. The zero-order chi connectivity index (χ0) is 18.9. The molecular weight excluding hydrogens is 356 g/mol. The Morgan fingerprint density at radius 2 is 1.68 bits per heavy atom. The molecule has 0 saturated heterocycles. The molecule has 5 rings (SSSR count). The van der Waals surface area contributed by atoms with Gasteiger partial charge in [-0.05, 0) is 42.0 Å². The molecule has 0 bridgehead atoms. The number of nitrogens with zero attached hydrogens (tertiary/aromatic N) is 4. The van der Waals surface area contributed by atoms with Gasteiger partial charge in [0.25, 0.3) is 0 Å². The second kappa shape index (κ2) is 6.70. The molecule has 0 aliphatic heterocycles. The third-order valence-electron chi connectivity index (χ3n) is 4.47. The van der Waals surface area contributed by atoms with Crippen molar-refractivity contribution in [2.24, 2.45) is 0 Å². The number of furan rings is 2. The van der Waals surface area contributed by atoms with Gasteiger partial charge in [0.2, 0.25) is 0 Å². The average molecular weight is 372 g/mol. The Morgan fingerprint density at radius 3 is 2.36 bits per heavy atom. The molecule has 138 valence electrons. The summed E-state index contributed by atoms with van der Waals surface area (Å²) in [7, 11) is 1.65. The first-order chi connectivity index (χ1) is 13.8. The Hall–Kier alpha value is -3.87. The predicted octanol–water partition coefficient (Wildman–Crippen LogP) is 4.40. The molecule has 0 fully saturated rings. The first kappa shape index (κ1) is 16.3. The summed E-state index contributed by atoms with van der Waals surface area (Å²) in [6.45, 7) is 0.618. The number of imidazole rings is 1. The summed E-state index contributed by atoms with van der Waals surface area (Å²) in [5, 5.41) is 0. The summed E-state index contributed by atoms with van der Waals surface area (Å²) in [6.07, 6.45) is 4.98. The lowest BCUT2D eigenvalue weighted by atomic mass is 10.2. The van der Waals surface area contributed by atoms with Crippen molar-refractivity contribution in [1.29, 1.82) is 0 Å². The lowest BCUT2D eigenvalue weighted by Gasteiger charge is -2.07. The van der Waals surface area contributed by atoms with E-state index in [9.17, 15) is 0 Å². The van der Waals surface area contributed by atoms with Crippen LogP contribution < -0.4 is 4.74 Å². The van der Waals surface area contributed by atoms with Crippen LogP contribution in [0.15, 0.2) is 76.2 Å². The minimum absolute atomic E-state index is 0.486. The summed E-state index contributed by atoms with van der Waals surface area (Å²) in [4.78, 5) is 13.9. The van der Waals surface area contributed by atoms with Gasteiger partial charge in [-0.1, -0.05) is 12.1 Å². The Labute approximate surface area is 160 Å². The highest BCUT2D eigenvalue weighted by molar-refractivity contribution is 5.87. The maximum atomic E-state index is 5.57. The van der Waals surface area contributed by atoms with Crippen LogP contribution in [0.4, 0.5) is 0 Å². The Kier molecular flexibility index (Phi) is 3.90. The first-order valence-corrected chi connectivity index (χ1v) is 8.75. The van der Waals surface area contributed by atoms with Gasteiger partial charge in [0.15, 0.2) is 23.0 Å². The molecule has 0 spiro atoms. The number of hydrogen-bond acceptors (Lipinski definition) is 6. The van der Waals surface area contributed by atoms with Crippen LogP contribution in [0.5, 0.6) is 5.75 Å². The highest BCUT2D eigenvalue weighted by atomic mass is 16.5. The summed E-state index contributed by atoms with van der Waals surface area (Å²) in [5.74, 6) is 2.53. The monoisotopic (exact) mass is 372 g/mol. The third-order valence-corrected chi connectivity index (χ3v) is 4.47. The van der Waals surface area contributed by atoms with Gasteiger partial charge in [-0.2, -0.15) is 0 Å². The maximum absolute atomic E-state index is 5.57. The van der Waals surface area contributed by atoms with Crippen molar-refractivity contribution in [3.05, 3.63) is 72.9 Å². The van der Waals surface area contributed by atoms with Crippen LogP contribution in [-0.4, -0.2) is 26.6 Å². The zero-order valence-electron chi connectivity index (χ0n) is 15.1. The molecule has 7 heteroatoms. The van der Waals surface area contributed by atoms with Crippen molar-refractivity contribution in [2.45, 2.75) is 6.54 Å². The molecule has 0 radical (unpaired) electrons. The summed E-state index contributed by atoms with van der Waals surface area (Å²) in [5.41, 5.74) is 3.13. The van der Waals surface area contributed by atoms with Gasteiger partial charge in [0.05, 0.1) is 32.5 Å². The topological polar surface area (TPSA) is 79.1 Å².